The van der Waals surface area contributed by atoms with Crippen molar-refractivity contribution in [3.63, 3.8) is 0 Å². The predicted octanol–water partition coefficient (Wildman–Crippen LogP) is 32.8. The van der Waals surface area contributed by atoms with E-state index >= 15 is 0 Å². The van der Waals surface area contributed by atoms with Gasteiger partial charge in [0.25, 0.3) is 0 Å². The summed E-state index contributed by atoms with van der Waals surface area (Å²) in [4.78, 5) is 29.2. The summed E-state index contributed by atoms with van der Waals surface area (Å²) in [7, 11) is -0.338. The fourth-order valence-electron chi connectivity index (χ4n) is 19.5. The standard InChI is InChI=1S/C57H33N3OS.C35H20ClN3O.C28H25BO2S/c1-2-12-37(13-3-1)55-58-56(38-26-23-36(24-27-38)47-33-41-14-5-7-16-43(41)53-44-17-8-9-20-51(44)62-54(47)53)60-57(59-55)45-18-10-19-50-52(45)48-32-40(29-30-49(48)61-50)39-28-25-35-22-21-34-11-4-6-15-42(34)46(35)31-39;36-35-38-33(23-8-2-1-3-9-23)37-34(39-35)27-11-6-12-31-32(27)29-20-25(17-18-30(29)40-31)24-16-15-22-14-13-21-7-4-5-10-26(21)28(22)19-24;1-27(2)28(3,4)31-29(30-27)20-15-13-18(14-16-20)23-17-19-9-5-6-10-21(19)25-22-11-7-8-12-24(22)32-26(23)25/h1-33H;1-20H;5-17H,1-4H3. The summed E-state index contributed by atoms with van der Waals surface area (Å²) in [5.41, 5.74) is 17.4. The minimum absolute atomic E-state index is 0.151. The number of nitrogens with zero attached hydrogens (tertiary/aromatic N) is 6. The number of thiophene rings is 2. The first-order valence-corrected chi connectivity index (χ1v) is 47.0. The number of halogens is 1. The van der Waals surface area contributed by atoms with Gasteiger partial charge in [-0.25, -0.2) is 19.9 Å². The Hall–Kier alpha value is -15.7. The lowest BCUT2D eigenvalue weighted by atomic mass is 9.78. The number of furan rings is 2. The van der Waals surface area contributed by atoms with E-state index in [2.05, 4.69) is 353 Å². The molecule has 1 fully saturated rings. The molecule has 0 saturated carbocycles. The molecule has 10 nitrogen and oxygen atoms in total. The molecule has 26 aromatic rings. The van der Waals surface area contributed by atoms with E-state index in [1.165, 1.54) is 122 Å². The van der Waals surface area contributed by atoms with Gasteiger partial charge in [0.15, 0.2) is 29.1 Å². The number of rotatable bonds is 10. The maximum Gasteiger partial charge on any atom is 0.494 e. The highest BCUT2D eigenvalue weighted by molar-refractivity contribution is 7.27. The molecule has 134 heavy (non-hydrogen) atoms. The van der Waals surface area contributed by atoms with Crippen LogP contribution in [0.2, 0.25) is 5.28 Å². The van der Waals surface area contributed by atoms with Gasteiger partial charge in [-0.3, -0.25) is 0 Å². The molecule has 6 aromatic heterocycles. The van der Waals surface area contributed by atoms with Gasteiger partial charge in [0.2, 0.25) is 5.28 Å². The number of aromatic nitrogens is 6. The Morgan fingerprint density at radius 2 is 0.560 bits per heavy atom. The third kappa shape index (κ3) is 14.1. The van der Waals surface area contributed by atoms with Crippen molar-refractivity contribution in [1.82, 2.24) is 29.9 Å². The maximum absolute atomic E-state index is 6.52. The Kier molecular flexibility index (Phi) is 19.4. The molecular weight excluding hydrogens is 1700 g/mol. The molecule has 0 atom stereocenters. The van der Waals surface area contributed by atoms with Crippen molar-refractivity contribution in [2.75, 3.05) is 0 Å². The second-order valence-electron chi connectivity index (χ2n) is 35.4. The Morgan fingerprint density at radius 1 is 0.231 bits per heavy atom. The van der Waals surface area contributed by atoms with Crippen LogP contribution >= 0.6 is 34.3 Å². The monoisotopic (exact) mass is 1780 g/mol. The average molecular weight is 1780 g/mol. The van der Waals surface area contributed by atoms with Gasteiger partial charge in [0, 0.05) is 101 Å². The number of hydrogen-bond donors (Lipinski definition) is 0. The van der Waals surface area contributed by atoms with Crippen molar-refractivity contribution in [3.8, 4) is 101 Å². The van der Waals surface area contributed by atoms with Gasteiger partial charge < -0.3 is 18.1 Å². The molecule has 0 amide bonds. The lowest BCUT2D eigenvalue weighted by Crippen LogP contribution is -2.41. The molecule has 14 heteroatoms. The summed E-state index contributed by atoms with van der Waals surface area (Å²) in [6.45, 7) is 8.37. The molecular formula is C120H78BClN6O4S2. The second kappa shape index (κ2) is 32.4. The zero-order valence-electron chi connectivity index (χ0n) is 73.2. The fourth-order valence-corrected chi connectivity index (χ4v) is 22.1. The van der Waals surface area contributed by atoms with Crippen LogP contribution in [-0.2, 0) is 9.31 Å². The highest BCUT2D eigenvalue weighted by Gasteiger charge is 2.52. The highest BCUT2D eigenvalue weighted by Crippen LogP contribution is 2.49. The molecule has 1 aliphatic heterocycles. The number of benzene rings is 20. The van der Waals surface area contributed by atoms with E-state index in [9.17, 15) is 0 Å². The van der Waals surface area contributed by atoms with Crippen LogP contribution in [0.4, 0.5) is 0 Å². The fraction of sp³-hybridized carbons (Fsp3) is 0.0500. The van der Waals surface area contributed by atoms with Crippen molar-refractivity contribution in [1.29, 1.82) is 0 Å². The van der Waals surface area contributed by atoms with Crippen molar-refractivity contribution in [2.24, 2.45) is 0 Å². The molecule has 27 rings (SSSR count). The summed E-state index contributed by atoms with van der Waals surface area (Å²) in [5, 5.41) is 24.4. The largest absolute Gasteiger partial charge is 0.494 e. The molecule has 0 unspecified atom stereocenters. The van der Waals surface area contributed by atoms with E-state index in [-0.39, 0.29) is 23.6 Å². The number of hydrogen-bond acceptors (Lipinski definition) is 12. The Bertz CT molecular complexity index is 9240. The van der Waals surface area contributed by atoms with Gasteiger partial charge in [-0.2, -0.15) is 9.97 Å². The molecule has 7 heterocycles. The minimum Gasteiger partial charge on any atom is -0.456 e. The summed E-state index contributed by atoms with van der Waals surface area (Å²) in [6.07, 6.45) is 0. The van der Waals surface area contributed by atoms with Gasteiger partial charge in [0.1, 0.15) is 22.3 Å². The summed E-state index contributed by atoms with van der Waals surface area (Å²) < 4.78 is 30.5. The molecule has 0 N–H and O–H groups in total. The van der Waals surface area contributed by atoms with Crippen LogP contribution in [0.5, 0.6) is 0 Å². The Morgan fingerprint density at radius 3 is 1.02 bits per heavy atom. The van der Waals surface area contributed by atoms with Crippen LogP contribution in [0, 0.1) is 0 Å². The van der Waals surface area contributed by atoms with Crippen molar-refractivity contribution in [2.45, 2.75) is 38.9 Å². The Labute approximate surface area is 783 Å². The first kappa shape index (κ1) is 80.4. The second-order valence-corrected chi connectivity index (χ2v) is 37.8. The van der Waals surface area contributed by atoms with Crippen molar-refractivity contribution in [3.05, 3.63) is 406 Å². The van der Waals surface area contributed by atoms with Crippen LogP contribution in [-0.4, -0.2) is 48.2 Å². The van der Waals surface area contributed by atoms with Crippen LogP contribution in [0.3, 0.4) is 0 Å². The zero-order chi connectivity index (χ0) is 89.4. The van der Waals surface area contributed by atoms with Gasteiger partial charge in [-0.15, -0.1) is 22.7 Å². The third-order valence-corrected chi connectivity index (χ3v) is 29.5. The lowest BCUT2D eigenvalue weighted by molar-refractivity contribution is 0.00578. The van der Waals surface area contributed by atoms with Crippen molar-refractivity contribution < 1.29 is 18.1 Å². The third-order valence-electron chi connectivity index (χ3n) is 26.9. The summed E-state index contributed by atoms with van der Waals surface area (Å²) >= 11 is 10.1. The maximum atomic E-state index is 6.52. The lowest BCUT2D eigenvalue weighted by Gasteiger charge is -2.32. The molecule has 1 saturated heterocycles. The highest BCUT2D eigenvalue weighted by atomic mass is 35.5. The molecule has 0 spiro atoms. The van der Waals surface area contributed by atoms with E-state index < -0.39 is 0 Å². The van der Waals surface area contributed by atoms with Gasteiger partial charge in [0.05, 0.1) is 11.2 Å². The van der Waals surface area contributed by atoms with Crippen LogP contribution in [0.25, 0.3) is 250 Å². The molecule has 20 aromatic carbocycles. The zero-order valence-corrected chi connectivity index (χ0v) is 75.6. The van der Waals surface area contributed by atoms with E-state index in [0.29, 0.717) is 29.1 Å². The topological polar surface area (TPSA) is 122 Å². The van der Waals surface area contributed by atoms with E-state index in [1.54, 1.807) is 0 Å². The quantitative estimate of drug-likeness (QED) is 0.0966. The number of fused-ring (bicyclic) bond motifs is 22. The van der Waals surface area contributed by atoms with Crippen LogP contribution in [0.1, 0.15) is 27.7 Å². The first-order valence-electron chi connectivity index (χ1n) is 45.0. The predicted molar refractivity (Wildman–Crippen MR) is 561 cm³/mol. The summed E-state index contributed by atoms with van der Waals surface area (Å²) in [6, 6.07) is 141. The summed E-state index contributed by atoms with van der Waals surface area (Å²) in [5.74, 6) is 2.86. The smallest absolute Gasteiger partial charge is 0.456 e. The minimum atomic E-state index is -0.338. The van der Waals surface area contributed by atoms with Crippen molar-refractivity contribution >= 4 is 196 Å². The molecule has 1 aliphatic rings. The van der Waals surface area contributed by atoms with E-state index in [4.69, 9.17) is 49.7 Å². The van der Waals surface area contributed by atoms with Gasteiger partial charge in [-0.05, 0) is 216 Å². The molecule has 0 bridgehead atoms. The molecule has 0 aliphatic carbocycles. The normalized spacial score (nSPS) is 13.2. The van der Waals surface area contributed by atoms with E-state index in [1.807, 2.05) is 108 Å². The van der Waals surface area contributed by atoms with Crippen LogP contribution in [0.15, 0.2) is 409 Å². The Balaban J connectivity index is 0.000000115. The van der Waals surface area contributed by atoms with E-state index in [0.717, 1.165) is 105 Å². The first-order chi connectivity index (χ1) is 65.7. The molecule has 0 radical (unpaired) electrons. The SMILES string of the molecule is CC1(C)OB(c2ccc(-c3cc4ccccc4c4c3sc3ccccc34)cc2)OC1(C)C.Clc1nc(-c2ccccc2)nc(-c2cccc3oc4ccc(-c5ccc6ccc7ccccc7c6c5)cc4c23)n1.c1ccc(-c2nc(-c3ccc(-c4cc5ccccc5c5c4sc4ccccc45)cc3)nc(-c3cccc4oc5ccc(-c6ccc7ccc8ccccc8c7c6)cc5c34)n2)cc1. The molecule has 634 valence electrons. The van der Waals surface area contributed by atoms with Crippen LogP contribution < -0.4 is 5.46 Å². The average Bonchev–Trinajstić information content (AvgIpc) is 1.58. The van der Waals surface area contributed by atoms with Gasteiger partial charge in [-0.1, -0.05) is 328 Å². The van der Waals surface area contributed by atoms with Gasteiger partial charge >= 0.3 is 7.12 Å².